The number of anilines is 1. The quantitative estimate of drug-likeness (QED) is 0.827. The number of hydrogen-bond acceptors (Lipinski definition) is 3. The number of ether oxygens (including phenoxy) is 1. The van der Waals surface area contributed by atoms with Crippen LogP contribution in [0.3, 0.4) is 0 Å². The van der Waals surface area contributed by atoms with Crippen molar-refractivity contribution in [1.82, 2.24) is 0 Å². The maximum atomic E-state index is 11.4. The van der Waals surface area contributed by atoms with Gasteiger partial charge in [-0.3, -0.25) is 4.72 Å². The zero-order chi connectivity index (χ0) is 12.2. The minimum atomic E-state index is -3.34. The molecule has 90 valence electrons. The van der Waals surface area contributed by atoms with Crippen molar-refractivity contribution in [3.05, 3.63) is 23.8 Å². The monoisotopic (exact) mass is 263 g/mol. The van der Waals surface area contributed by atoms with Crippen LogP contribution < -0.4 is 9.46 Å². The Kier molecular flexibility index (Phi) is 4.44. The topological polar surface area (TPSA) is 55.4 Å². The molecule has 0 spiro atoms. The van der Waals surface area contributed by atoms with Crippen LogP contribution in [-0.2, 0) is 10.0 Å². The van der Waals surface area contributed by atoms with Crippen LogP contribution in [0.15, 0.2) is 18.2 Å². The van der Waals surface area contributed by atoms with Crippen molar-refractivity contribution in [3.8, 4) is 5.75 Å². The third-order valence-corrected chi connectivity index (χ3v) is 3.72. The molecule has 1 rings (SSSR count). The first-order valence-electron chi connectivity index (χ1n) is 4.69. The number of halogens is 1. The van der Waals surface area contributed by atoms with E-state index >= 15 is 0 Å². The molecule has 0 aliphatic carbocycles. The van der Waals surface area contributed by atoms with Crippen LogP contribution in [0.4, 0.5) is 5.69 Å². The third-order valence-electron chi connectivity index (χ3n) is 2.01. The number of aryl methyl sites for hydroxylation is 1. The van der Waals surface area contributed by atoms with E-state index in [4.69, 9.17) is 16.3 Å². The van der Waals surface area contributed by atoms with Gasteiger partial charge in [-0.1, -0.05) is 0 Å². The van der Waals surface area contributed by atoms with E-state index < -0.39 is 10.0 Å². The van der Waals surface area contributed by atoms with Crippen molar-refractivity contribution in [1.29, 1.82) is 0 Å². The minimum absolute atomic E-state index is 0.0739. The van der Waals surface area contributed by atoms with Gasteiger partial charge in [0.2, 0.25) is 10.0 Å². The van der Waals surface area contributed by atoms with Crippen molar-refractivity contribution < 1.29 is 13.2 Å². The zero-order valence-electron chi connectivity index (χ0n) is 9.16. The Hall–Kier alpha value is -0.940. The lowest BCUT2D eigenvalue weighted by molar-refractivity contribution is 0.412. The highest BCUT2D eigenvalue weighted by Crippen LogP contribution is 2.22. The predicted octanol–water partition coefficient (Wildman–Crippen LogP) is 1.98. The summed E-state index contributed by atoms with van der Waals surface area (Å²) >= 11 is 5.39. The highest BCUT2D eigenvalue weighted by molar-refractivity contribution is 7.92. The Morgan fingerprint density at radius 2 is 2.12 bits per heavy atom. The van der Waals surface area contributed by atoms with Gasteiger partial charge in [-0.25, -0.2) is 8.42 Å². The van der Waals surface area contributed by atoms with Crippen molar-refractivity contribution >= 4 is 27.3 Å². The standard InChI is InChI=1S/C10H14ClNO3S/c1-8-7-9(3-4-10(8)15-2)12-16(13,14)6-5-11/h3-4,7,12H,5-6H2,1-2H3. The Morgan fingerprint density at radius 1 is 1.44 bits per heavy atom. The lowest BCUT2D eigenvalue weighted by Crippen LogP contribution is -2.17. The summed E-state index contributed by atoms with van der Waals surface area (Å²) in [6.45, 7) is 1.85. The van der Waals surface area contributed by atoms with Crippen LogP contribution in [0.2, 0.25) is 0 Å². The molecule has 0 saturated heterocycles. The molecule has 0 amide bonds. The summed E-state index contributed by atoms with van der Waals surface area (Å²) in [5.41, 5.74) is 1.39. The molecule has 0 fully saturated rings. The average molecular weight is 264 g/mol. The third kappa shape index (κ3) is 3.57. The zero-order valence-corrected chi connectivity index (χ0v) is 10.7. The summed E-state index contributed by atoms with van der Waals surface area (Å²) in [5.74, 6) is 0.699. The van der Waals surface area contributed by atoms with Crippen LogP contribution in [0.5, 0.6) is 5.75 Å². The number of hydrogen-bond donors (Lipinski definition) is 1. The van der Waals surface area contributed by atoms with Gasteiger partial charge >= 0.3 is 0 Å². The number of benzene rings is 1. The highest BCUT2D eigenvalue weighted by atomic mass is 35.5. The number of methoxy groups -OCH3 is 1. The maximum Gasteiger partial charge on any atom is 0.233 e. The largest absolute Gasteiger partial charge is 0.496 e. The van der Waals surface area contributed by atoms with E-state index in [1.54, 1.807) is 25.3 Å². The molecule has 0 heterocycles. The van der Waals surface area contributed by atoms with Crippen molar-refractivity contribution in [2.45, 2.75) is 6.92 Å². The van der Waals surface area contributed by atoms with E-state index in [-0.39, 0.29) is 11.6 Å². The van der Waals surface area contributed by atoms with E-state index in [0.29, 0.717) is 5.69 Å². The van der Waals surface area contributed by atoms with Gasteiger partial charge in [0.1, 0.15) is 5.75 Å². The van der Waals surface area contributed by atoms with Crippen LogP contribution in [-0.4, -0.2) is 27.2 Å². The first kappa shape index (κ1) is 13.1. The summed E-state index contributed by atoms with van der Waals surface area (Å²) in [6.07, 6.45) is 0. The number of nitrogens with one attached hydrogen (secondary N) is 1. The average Bonchev–Trinajstić information content (AvgIpc) is 2.17. The summed E-state index contributed by atoms with van der Waals surface area (Å²) in [7, 11) is -1.77. The molecule has 0 aromatic heterocycles. The van der Waals surface area contributed by atoms with Gasteiger partial charge in [0, 0.05) is 11.6 Å². The maximum absolute atomic E-state index is 11.4. The Balaban J connectivity index is 2.87. The Bertz CT molecular complexity index is 459. The van der Waals surface area contributed by atoms with E-state index in [9.17, 15) is 8.42 Å². The van der Waals surface area contributed by atoms with Gasteiger partial charge in [0.25, 0.3) is 0 Å². The molecule has 1 aromatic rings. The smallest absolute Gasteiger partial charge is 0.233 e. The molecular formula is C10H14ClNO3S. The van der Waals surface area contributed by atoms with Crippen LogP contribution >= 0.6 is 11.6 Å². The molecule has 0 bridgehead atoms. The van der Waals surface area contributed by atoms with Gasteiger partial charge in [-0.05, 0) is 30.7 Å². The molecule has 0 atom stereocenters. The molecular weight excluding hydrogens is 250 g/mol. The predicted molar refractivity (Wildman–Crippen MR) is 65.9 cm³/mol. The number of alkyl halides is 1. The van der Waals surface area contributed by atoms with Crippen molar-refractivity contribution in [3.63, 3.8) is 0 Å². The summed E-state index contributed by atoms with van der Waals surface area (Å²) < 4.78 is 30.4. The lowest BCUT2D eigenvalue weighted by Gasteiger charge is -2.09. The highest BCUT2D eigenvalue weighted by Gasteiger charge is 2.10. The molecule has 0 radical (unpaired) electrons. The van der Waals surface area contributed by atoms with Crippen molar-refractivity contribution in [2.24, 2.45) is 0 Å². The molecule has 0 aliphatic heterocycles. The Labute approximate surface area is 101 Å². The fourth-order valence-electron chi connectivity index (χ4n) is 1.27. The number of rotatable bonds is 5. The first-order chi connectivity index (χ1) is 7.48. The molecule has 4 nitrogen and oxygen atoms in total. The molecule has 1 N–H and O–H groups in total. The van der Waals surface area contributed by atoms with Gasteiger partial charge in [0.05, 0.1) is 12.9 Å². The SMILES string of the molecule is COc1ccc(NS(=O)(=O)CCCl)cc1C. The van der Waals surface area contributed by atoms with Crippen LogP contribution in [0.25, 0.3) is 0 Å². The van der Waals surface area contributed by atoms with Gasteiger partial charge in [0.15, 0.2) is 0 Å². The second-order valence-electron chi connectivity index (χ2n) is 3.29. The van der Waals surface area contributed by atoms with Crippen LogP contribution in [0.1, 0.15) is 5.56 Å². The summed E-state index contributed by atoms with van der Waals surface area (Å²) in [6, 6.07) is 5.08. The van der Waals surface area contributed by atoms with E-state index in [1.165, 1.54) is 0 Å². The van der Waals surface area contributed by atoms with E-state index in [1.807, 2.05) is 6.92 Å². The minimum Gasteiger partial charge on any atom is -0.496 e. The van der Waals surface area contributed by atoms with Gasteiger partial charge < -0.3 is 4.74 Å². The second kappa shape index (κ2) is 5.41. The first-order valence-corrected chi connectivity index (χ1v) is 6.88. The molecule has 0 unspecified atom stereocenters. The molecule has 16 heavy (non-hydrogen) atoms. The lowest BCUT2D eigenvalue weighted by atomic mass is 10.2. The van der Waals surface area contributed by atoms with E-state index in [2.05, 4.69) is 4.72 Å². The summed E-state index contributed by atoms with van der Waals surface area (Å²) in [4.78, 5) is 0. The number of sulfonamides is 1. The fourth-order valence-corrected chi connectivity index (χ4v) is 2.67. The summed E-state index contributed by atoms with van der Waals surface area (Å²) in [5, 5.41) is 0. The van der Waals surface area contributed by atoms with Crippen LogP contribution in [0, 0.1) is 6.92 Å². The van der Waals surface area contributed by atoms with E-state index in [0.717, 1.165) is 11.3 Å². The van der Waals surface area contributed by atoms with Gasteiger partial charge in [-0.15, -0.1) is 11.6 Å². The second-order valence-corrected chi connectivity index (χ2v) is 5.51. The Morgan fingerprint density at radius 3 is 2.62 bits per heavy atom. The molecule has 0 aliphatic rings. The van der Waals surface area contributed by atoms with Crippen molar-refractivity contribution in [2.75, 3.05) is 23.5 Å². The molecule has 1 aromatic carbocycles. The molecule has 0 saturated carbocycles. The normalized spacial score (nSPS) is 11.2. The fraction of sp³-hybridized carbons (Fsp3) is 0.400. The molecule has 6 heteroatoms. The van der Waals surface area contributed by atoms with Gasteiger partial charge in [-0.2, -0.15) is 0 Å².